The first-order chi connectivity index (χ1) is 12.6. The number of carbonyl (C=O) groups excluding carboxylic acids is 1. The maximum absolute atomic E-state index is 12.4. The van der Waals surface area contributed by atoms with Gasteiger partial charge in [-0.15, -0.1) is 12.4 Å². The van der Waals surface area contributed by atoms with Gasteiger partial charge in [0.15, 0.2) is 5.82 Å². The van der Waals surface area contributed by atoms with Crippen LogP contribution in [0.3, 0.4) is 0 Å². The van der Waals surface area contributed by atoms with E-state index in [1.807, 2.05) is 37.3 Å². The number of carbonyl (C=O) groups is 1. The summed E-state index contributed by atoms with van der Waals surface area (Å²) in [5, 5.41) is 10.4. The van der Waals surface area contributed by atoms with E-state index in [9.17, 15) is 4.79 Å². The Balaban J connectivity index is 0.00000261. The zero-order valence-corrected chi connectivity index (χ0v) is 16.8. The van der Waals surface area contributed by atoms with Crippen molar-refractivity contribution >= 4 is 18.3 Å². The summed E-state index contributed by atoms with van der Waals surface area (Å²) >= 11 is 0. The molecule has 27 heavy (non-hydrogen) atoms. The van der Waals surface area contributed by atoms with Gasteiger partial charge in [0.1, 0.15) is 6.04 Å². The third-order valence-electron chi connectivity index (χ3n) is 5.08. The molecule has 1 aliphatic rings. The number of rotatable bonds is 7. The van der Waals surface area contributed by atoms with Gasteiger partial charge in [0.2, 0.25) is 11.8 Å². The minimum absolute atomic E-state index is 0. The van der Waals surface area contributed by atoms with Crippen molar-refractivity contribution in [3.8, 4) is 0 Å². The molecular formula is C20H29ClN4O2. The number of piperidine rings is 1. The predicted molar refractivity (Wildman–Crippen MR) is 107 cm³/mol. The Labute approximate surface area is 166 Å². The highest BCUT2D eigenvalue weighted by Crippen LogP contribution is 2.23. The van der Waals surface area contributed by atoms with E-state index in [1.54, 1.807) is 0 Å². The average Bonchev–Trinajstić information content (AvgIpc) is 3.12. The monoisotopic (exact) mass is 392 g/mol. The number of benzene rings is 1. The molecular weight excluding hydrogens is 364 g/mol. The molecule has 1 amide bonds. The SMILES string of the molecule is CC(NC(=O)CC(C)C1CCCNC1)c1nc(Cc2ccccc2)no1.Cl. The van der Waals surface area contributed by atoms with E-state index in [0.717, 1.165) is 18.7 Å². The molecule has 0 spiro atoms. The molecule has 2 heterocycles. The first-order valence-corrected chi connectivity index (χ1v) is 9.48. The van der Waals surface area contributed by atoms with Crippen molar-refractivity contribution < 1.29 is 9.32 Å². The van der Waals surface area contributed by atoms with Crippen LogP contribution in [0.4, 0.5) is 0 Å². The van der Waals surface area contributed by atoms with Crippen molar-refractivity contribution in [3.63, 3.8) is 0 Å². The van der Waals surface area contributed by atoms with Crippen LogP contribution in [0.1, 0.15) is 56.4 Å². The Kier molecular flexibility index (Phi) is 8.25. The molecule has 3 atom stereocenters. The molecule has 2 aromatic rings. The van der Waals surface area contributed by atoms with E-state index in [0.29, 0.717) is 36.4 Å². The van der Waals surface area contributed by atoms with Crippen molar-refractivity contribution in [1.82, 2.24) is 20.8 Å². The maximum atomic E-state index is 12.4. The highest BCUT2D eigenvalue weighted by molar-refractivity contribution is 5.85. The van der Waals surface area contributed by atoms with Crippen molar-refractivity contribution in [1.29, 1.82) is 0 Å². The normalized spacial score (nSPS) is 19.0. The molecule has 0 bridgehead atoms. The van der Waals surface area contributed by atoms with Gasteiger partial charge in [-0.3, -0.25) is 4.79 Å². The second-order valence-corrected chi connectivity index (χ2v) is 7.29. The van der Waals surface area contributed by atoms with E-state index >= 15 is 0 Å². The molecule has 6 nitrogen and oxygen atoms in total. The number of aromatic nitrogens is 2. The van der Waals surface area contributed by atoms with Gasteiger partial charge in [0.25, 0.3) is 0 Å². The van der Waals surface area contributed by atoms with Crippen molar-refractivity contribution in [2.75, 3.05) is 13.1 Å². The largest absolute Gasteiger partial charge is 0.345 e. The summed E-state index contributed by atoms with van der Waals surface area (Å²) in [6.45, 7) is 6.14. The predicted octanol–water partition coefficient (Wildman–Crippen LogP) is 3.29. The van der Waals surface area contributed by atoms with Crippen LogP contribution in [-0.4, -0.2) is 29.1 Å². The summed E-state index contributed by atoms with van der Waals surface area (Å²) in [5.41, 5.74) is 1.13. The number of hydrogen-bond acceptors (Lipinski definition) is 5. The molecule has 1 fully saturated rings. The van der Waals surface area contributed by atoms with Gasteiger partial charge >= 0.3 is 0 Å². The first kappa shape index (κ1) is 21.4. The summed E-state index contributed by atoms with van der Waals surface area (Å²) in [6, 6.07) is 9.74. The summed E-state index contributed by atoms with van der Waals surface area (Å²) in [4.78, 5) is 16.8. The fraction of sp³-hybridized carbons (Fsp3) is 0.550. The molecule has 0 aliphatic carbocycles. The molecule has 1 saturated heterocycles. The fourth-order valence-electron chi connectivity index (χ4n) is 3.48. The van der Waals surface area contributed by atoms with Crippen LogP contribution < -0.4 is 10.6 Å². The molecule has 0 saturated carbocycles. The number of amides is 1. The van der Waals surface area contributed by atoms with Gasteiger partial charge in [0, 0.05) is 12.8 Å². The number of nitrogens with zero attached hydrogens (tertiary/aromatic N) is 2. The van der Waals surface area contributed by atoms with Gasteiger partial charge in [-0.2, -0.15) is 4.98 Å². The fourth-order valence-corrected chi connectivity index (χ4v) is 3.48. The van der Waals surface area contributed by atoms with Gasteiger partial charge in [-0.25, -0.2) is 0 Å². The molecule has 0 radical (unpaired) electrons. The molecule has 2 N–H and O–H groups in total. The molecule has 148 valence electrons. The van der Waals surface area contributed by atoms with Crippen LogP contribution in [0.2, 0.25) is 0 Å². The third-order valence-corrected chi connectivity index (χ3v) is 5.08. The highest BCUT2D eigenvalue weighted by Gasteiger charge is 2.23. The highest BCUT2D eigenvalue weighted by atomic mass is 35.5. The molecule has 1 aromatic carbocycles. The summed E-state index contributed by atoms with van der Waals surface area (Å²) in [7, 11) is 0. The Morgan fingerprint density at radius 1 is 1.33 bits per heavy atom. The van der Waals surface area contributed by atoms with Crippen LogP contribution in [0.5, 0.6) is 0 Å². The van der Waals surface area contributed by atoms with Gasteiger partial charge in [-0.05, 0) is 50.3 Å². The van der Waals surface area contributed by atoms with E-state index in [2.05, 4.69) is 27.7 Å². The number of halogens is 1. The summed E-state index contributed by atoms with van der Waals surface area (Å²) < 4.78 is 5.33. The van der Waals surface area contributed by atoms with Crippen LogP contribution >= 0.6 is 12.4 Å². The van der Waals surface area contributed by atoms with E-state index in [4.69, 9.17) is 4.52 Å². The van der Waals surface area contributed by atoms with Crippen LogP contribution in [0, 0.1) is 11.8 Å². The van der Waals surface area contributed by atoms with Crippen LogP contribution in [0.15, 0.2) is 34.9 Å². The summed E-state index contributed by atoms with van der Waals surface area (Å²) in [6.07, 6.45) is 3.54. The lowest BCUT2D eigenvalue weighted by Crippen LogP contribution is -2.36. The van der Waals surface area contributed by atoms with E-state index < -0.39 is 0 Å². The molecule has 1 aliphatic heterocycles. The average molecular weight is 393 g/mol. The van der Waals surface area contributed by atoms with Crippen molar-refractivity contribution in [2.24, 2.45) is 11.8 Å². The lowest BCUT2D eigenvalue weighted by molar-refractivity contribution is -0.123. The first-order valence-electron chi connectivity index (χ1n) is 9.48. The van der Waals surface area contributed by atoms with E-state index in [-0.39, 0.29) is 24.4 Å². The zero-order chi connectivity index (χ0) is 18.4. The quantitative estimate of drug-likeness (QED) is 0.755. The van der Waals surface area contributed by atoms with Gasteiger partial charge in [0.05, 0.1) is 0 Å². The molecule has 1 aromatic heterocycles. The second kappa shape index (κ2) is 10.4. The van der Waals surface area contributed by atoms with Gasteiger partial charge < -0.3 is 15.2 Å². The smallest absolute Gasteiger partial charge is 0.248 e. The Hall–Kier alpha value is -1.92. The maximum Gasteiger partial charge on any atom is 0.248 e. The number of nitrogens with one attached hydrogen (secondary N) is 2. The van der Waals surface area contributed by atoms with Crippen LogP contribution in [-0.2, 0) is 11.2 Å². The minimum atomic E-state index is -0.281. The zero-order valence-electron chi connectivity index (χ0n) is 16.0. The minimum Gasteiger partial charge on any atom is -0.345 e. The van der Waals surface area contributed by atoms with Crippen molar-refractivity contribution in [3.05, 3.63) is 47.6 Å². The van der Waals surface area contributed by atoms with E-state index in [1.165, 1.54) is 12.8 Å². The second-order valence-electron chi connectivity index (χ2n) is 7.29. The van der Waals surface area contributed by atoms with Gasteiger partial charge in [-0.1, -0.05) is 42.4 Å². The Morgan fingerprint density at radius 3 is 2.81 bits per heavy atom. The Morgan fingerprint density at radius 2 is 2.11 bits per heavy atom. The lowest BCUT2D eigenvalue weighted by Gasteiger charge is -2.28. The number of hydrogen-bond donors (Lipinski definition) is 2. The third kappa shape index (κ3) is 6.33. The summed E-state index contributed by atoms with van der Waals surface area (Å²) in [5.74, 6) is 2.07. The topological polar surface area (TPSA) is 80.0 Å². The standard InChI is InChI=1S/C20H28N4O2.ClH/c1-14(17-9-6-10-21-13-17)11-19(25)22-15(2)20-23-18(24-26-20)12-16-7-4-3-5-8-16;/h3-5,7-8,14-15,17,21H,6,9-13H2,1-2H3,(H,22,25);1H. The molecule has 3 unspecified atom stereocenters. The Bertz CT molecular complexity index is 701. The van der Waals surface area contributed by atoms with Crippen LogP contribution in [0.25, 0.3) is 0 Å². The lowest BCUT2D eigenvalue weighted by atomic mass is 9.85. The molecule has 7 heteroatoms. The molecule has 3 rings (SSSR count). The van der Waals surface area contributed by atoms with Crippen molar-refractivity contribution in [2.45, 2.75) is 45.6 Å².